The van der Waals surface area contributed by atoms with Crippen LogP contribution < -0.4 is 15.5 Å². The van der Waals surface area contributed by atoms with Gasteiger partial charge in [0, 0.05) is 51.8 Å². The number of ether oxygens (including phenoxy) is 2. The van der Waals surface area contributed by atoms with Gasteiger partial charge in [0.05, 0.1) is 30.6 Å². The third kappa shape index (κ3) is 7.28. The van der Waals surface area contributed by atoms with Crippen LogP contribution in [0.5, 0.6) is 0 Å². The van der Waals surface area contributed by atoms with Crippen LogP contribution in [-0.2, 0) is 15.9 Å². The van der Waals surface area contributed by atoms with Gasteiger partial charge in [0.1, 0.15) is 5.69 Å². The predicted molar refractivity (Wildman–Crippen MR) is 147 cm³/mol. The van der Waals surface area contributed by atoms with Gasteiger partial charge in [-0.05, 0) is 56.3 Å². The van der Waals surface area contributed by atoms with Crippen LogP contribution in [0.2, 0.25) is 0 Å². The van der Waals surface area contributed by atoms with Crippen molar-refractivity contribution in [2.24, 2.45) is 0 Å². The van der Waals surface area contributed by atoms with Gasteiger partial charge in [-0.3, -0.25) is 18.9 Å². The van der Waals surface area contributed by atoms with Crippen molar-refractivity contribution < 1.29 is 23.5 Å². The second-order valence-electron chi connectivity index (χ2n) is 9.78. The summed E-state index contributed by atoms with van der Waals surface area (Å²) < 4.78 is 23.4. The Hall–Kier alpha value is -2.60. The molecule has 2 amide bonds. The smallest absolute Gasteiger partial charge is 0.275 e. The number of likely N-dealkylation sites (tertiary alicyclic amines) is 1. The number of nitrogens with one attached hydrogen (secondary N) is 2. The molecule has 1 aromatic carbocycles. The maximum absolute atomic E-state index is 13.1. The number of carbonyl (C=O) groups excluding carboxylic acids is 2. The first-order valence-electron chi connectivity index (χ1n) is 13.3. The highest BCUT2D eigenvalue weighted by Gasteiger charge is 2.26. The summed E-state index contributed by atoms with van der Waals surface area (Å²) in [5, 5.41) is 8.14. The third-order valence-corrected chi connectivity index (χ3v) is 8.09. The van der Waals surface area contributed by atoms with E-state index in [1.54, 1.807) is 25.7 Å². The molecule has 4 rings (SSSR count). The van der Waals surface area contributed by atoms with E-state index in [4.69, 9.17) is 9.47 Å². The molecule has 1 aromatic heterocycles. The molecule has 0 aliphatic carbocycles. The standard InChI is InChI=1S/C27H38FN5O4S/c1-36-17-20-5-3-12-32(20)13-8-19-6-7-23(22(15-19)25(34)29-11-4-10-28)30-26(35)24-18-38-27(31-24)33-14-9-21(16-33)37-2/h6-7,15,18,20-21H,3-5,8-14,16-17H2,1-2H3,(H,29,34)(H,30,35)/t20-,21-/m0/s1. The molecule has 0 radical (unpaired) electrons. The Balaban J connectivity index is 1.45. The van der Waals surface area contributed by atoms with Gasteiger partial charge in [-0.1, -0.05) is 6.07 Å². The summed E-state index contributed by atoms with van der Waals surface area (Å²) in [5.41, 5.74) is 2.07. The highest BCUT2D eigenvalue weighted by atomic mass is 32.1. The molecule has 9 nitrogen and oxygen atoms in total. The number of hydrogen-bond acceptors (Lipinski definition) is 8. The number of aromatic nitrogens is 1. The summed E-state index contributed by atoms with van der Waals surface area (Å²) >= 11 is 1.42. The van der Waals surface area contributed by atoms with Gasteiger partial charge >= 0.3 is 0 Å². The van der Waals surface area contributed by atoms with Gasteiger partial charge < -0.3 is 25.0 Å². The van der Waals surface area contributed by atoms with Crippen LogP contribution in [0.25, 0.3) is 0 Å². The molecule has 2 N–H and O–H groups in total. The van der Waals surface area contributed by atoms with Gasteiger partial charge in [0.2, 0.25) is 0 Å². The number of amides is 2. The van der Waals surface area contributed by atoms with Crippen LogP contribution in [-0.4, -0.2) is 94.1 Å². The number of alkyl halides is 1. The summed E-state index contributed by atoms with van der Waals surface area (Å²) in [6.45, 7) is 3.93. The predicted octanol–water partition coefficient (Wildman–Crippen LogP) is 3.36. The third-order valence-electron chi connectivity index (χ3n) is 7.19. The van der Waals surface area contributed by atoms with E-state index in [0.29, 0.717) is 23.0 Å². The van der Waals surface area contributed by atoms with Crippen molar-refractivity contribution >= 4 is 34.0 Å². The molecule has 208 valence electrons. The Morgan fingerprint density at radius 2 is 2.08 bits per heavy atom. The molecule has 2 aliphatic heterocycles. The van der Waals surface area contributed by atoms with E-state index in [9.17, 15) is 14.0 Å². The number of carbonyl (C=O) groups is 2. The van der Waals surface area contributed by atoms with E-state index in [1.807, 2.05) is 12.1 Å². The summed E-state index contributed by atoms with van der Waals surface area (Å²) in [6, 6.07) is 5.96. The fourth-order valence-corrected chi connectivity index (χ4v) is 5.89. The van der Waals surface area contributed by atoms with E-state index < -0.39 is 6.67 Å². The maximum Gasteiger partial charge on any atom is 0.275 e. The molecule has 2 atom stereocenters. The number of benzene rings is 1. The number of methoxy groups -OCH3 is 2. The lowest BCUT2D eigenvalue weighted by Crippen LogP contribution is -2.34. The highest BCUT2D eigenvalue weighted by Crippen LogP contribution is 2.27. The Kier molecular flexibility index (Phi) is 10.4. The Morgan fingerprint density at radius 3 is 2.84 bits per heavy atom. The number of rotatable bonds is 13. The minimum absolute atomic E-state index is 0.171. The average Bonchev–Trinajstić information content (AvgIpc) is 3.69. The minimum atomic E-state index is -0.503. The van der Waals surface area contributed by atoms with Crippen LogP contribution in [0.4, 0.5) is 15.2 Å². The van der Waals surface area contributed by atoms with Crippen LogP contribution >= 0.6 is 11.3 Å². The molecule has 11 heteroatoms. The van der Waals surface area contributed by atoms with E-state index in [-0.39, 0.29) is 30.9 Å². The lowest BCUT2D eigenvalue weighted by Gasteiger charge is -2.24. The van der Waals surface area contributed by atoms with Gasteiger partial charge in [0.25, 0.3) is 11.8 Å². The monoisotopic (exact) mass is 547 g/mol. The summed E-state index contributed by atoms with van der Waals surface area (Å²) in [7, 11) is 3.43. The van der Waals surface area contributed by atoms with Crippen molar-refractivity contribution in [3.63, 3.8) is 0 Å². The largest absolute Gasteiger partial charge is 0.383 e. The summed E-state index contributed by atoms with van der Waals surface area (Å²) in [5.74, 6) is -0.712. The average molecular weight is 548 g/mol. The Bertz CT molecular complexity index is 1080. The quantitative estimate of drug-likeness (QED) is 0.371. The number of nitrogens with zero attached hydrogens (tertiary/aromatic N) is 3. The van der Waals surface area contributed by atoms with Crippen LogP contribution in [0.15, 0.2) is 23.6 Å². The summed E-state index contributed by atoms with van der Waals surface area (Å²) in [4.78, 5) is 35.1. The second-order valence-corrected chi connectivity index (χ2v) is 10.6. The number of halogens is 1. The number of thiazole rings is 1. The van der Waals surface area contributed by atoms with Crippen molar-refractivity contribution in [1.82, 2.24) is 15.2 Å². The van der Waals surface area contributed by atoms with Gasteiger partial charge in [-0.15, -0.1) is 11.3 Å². The first kappa shape index (κ1) is 28.4. The second kappa shape index (κ2) is 14.0. The SMILES string of the molecule is COC[C@@H]1CCCN1CCc1ccc(NC(=O)c2csc(N3CC[C@H](OC)C3)n2)c(C(=O)NCCCF)c1. The lowest BCUT2D eigenvalue weighted by atomic mass is 10.0. The van der Waals surface area contributed by atoms with Crippen molar-refractivity contribution in [1.29, 1.82) is 0 Å². The number of hydrogen-bond donors (Lipinski definition) is 2. The zero-order valence-corrected chi connectivity index (χ0v) is 23.0. The van der Waals surface area contributed by atoms with Crippen molar-refractivity contribution in [2.45, 2.75) is 44.2 Å². The highest BCUT2D eigenvalue weighted by molar-refractivity contribution is 7.14. The Morgan fingerprint density at radius 1 is 1.21 bits per heavy atom. The molecule has 0 spiro atoms. The first-order valence-corrected chi connectivity index (χ1v) is 14.1. The summed E-state index contributed by atoms with van der Waals surface area (Å²) in [6.07, 6.45) is 4.39. The zero-order chi connectivity index (χ0) is 26.9. The van der Waals surface area contributed by atoms with Crippen LogP contribution in [0.1, 0.15) is 52.1 Å². The van der Waals surface area contributed by atoms with E-state index in [2.05, 4.69) is 25.4 Å². The molecule has 0 bridgehead atoms. The molecule has 0 unspecified atom stereocenters. The number of anilines is 2. The molecule has 2 saturated heterocycles. The van der Waals surface area contributed by atoms with Crippen LogP contribution in [0, 0.1) is 0 Å². The van der Waals surface area contributed by atoms with Crippen LogP contribution in [0.3, 0.4) is 0 Å². The van der Waals surface area contributed by atoms with E-state index >= 15 is 0 Å². The molecule has 2 aliphatic rings. The fourth-order valence-electron chi connectivity index (χ4n) is 5.05. The molecular weight excluding hydrogens is 509 g/mol. The Labute approximate surface area is 227 Å². The lowest BCUT2D eigenvalue weighted by molar-refractivity contribution is 0.0953. The van der Waals surface area contributed by atoms with Crippen molar-refractivity contribution in [3.8, 4) is 0 Å². The maximum atomic E-state index is 13.1. The molecule has 2 aromatic rings. The van der Waals surface area contributed by atoms with E-state index in [1.165, 1.54) is 11.3 Å². The normalized spacial score (nSPS) is 19.7. The molecule has 2 fully saturated rings. The molecule has 3 heterocycles. The zero-order valence-electron chi connectivity index (χ0n) is 22.2. The molecule has 0 saturated carbocycles. The fraction of sp³-hybridized carbons (Fsp3) is 0.593. The topological polar surface area (TPSA) is 96.0 Å². The first-order chi connectivity index (χ1) is 18.5. The van der Waals surface area contributed by atoms with Crippen molar-refractivity contribution in [2.75, 3.05) is 70.4 Å². The van der Waals surface area contributed by atoms with Gasteiger partial charge in [-0.25, -0.2) is 4.98 Å². The van der Waals surface area contributed by atoms with Gasteiger partial charge in [0.15, 0.2) is 5.13 Å². The van der Waals surface area contributed by atoms with E-state index in [0.717, 1.165) is 69.2 Å². The van der Waals surface area contributed by atoms with Gasteiger partial charge in [-0.2, -0.15) is 0 Å². The minimum Gasteiger partial charge on any atom is -0.383 e. The van der Waals surface area contributed by atoms with Crippen molar-refractivity contribution in [3.05, 3.63) is 40.4 Å². The molecular formula is C27H38FN5O4S. The molecule has 38 heavy (non-hydrogen) atoms.